The maximum Gasteiger partial charge on any atom is 0.326 e. The fourth-order valence-electron chi connectivity index (χ4n) is 5.26. The average Bonchev–Trinajstić information content (AvgIpc) is 2.92. The number of carbonyl (C=O) groups is 2. The molecule has 200 valence electrons. The van der Waals surface area contributed by atoms with E-state index in [1.54, 1.807) is 17.7 Å². The summed E-state index contributed by atoms with van der Waals surface area (Å²) in [4.78, 5) is 38.6. The van der Waals surface area contributed by atoms with Crippen LogP contribution in [-0.2, 0) is 24.7 Å². The number of ether oxygens (including phenoxy) is 1. The van der Waals surface area contributed by atoms with Crippen LogP contribution in [0.15, 0.2) is 59.4 Å². The molecule has 5 rings (SSSR count). The molecule has 1 aromatic heterocycles. The first-order valence-electron chi connectivity index (χ1n) is 12.5. The molecule has 1 unspecified atom stereocenters. The van der Waals surface area contributed by atoms with Crippen molar-refractivity contribution in [2.45, 2.75) is 32.2 Å². The Balaban J connectivity index is 1.56. The molecule has 7 nitrogen and oxygen atoms in total. The van der Waals surface area contributed by atoms with E-state index in [9.17, 15) is 19.5 Å². The minimum absolute atomic E-state index is 0.0177. The maximum absolute atomic E-state index is 13.5. The number of nitrogens with zero attached hydrogens (tertiary/aromatic N) is 1. The lowest BCUT2D eigenvalue weighted by Gasteiger charge is -2.25. The van der Waals surface area contributed by atoms with Gasteiger partial charge in [0.2, 0.25) is 0 Å². The van der Waals surface area contributed by atoms with Gasteiger partial charge in [-0.3, -0.25) is 9.59 Å². The number of hydrogen-bond donors (Lipinski definition) is 2. The number of aryl methyl sites for hydroxylation is 2. The van der Waals surface area contributed by atoms with Gasteiger partial charge < -0.3 is 19.7 Å². The molecule has 0 saturated heterocycles. The highest BCUT2D eigenvalue weighted by molar-refractivity contribution is 6.39. The summed E-state index contributed by atoms with van der Waals surface area (Å²) in [6.07, 6.45) is 1.42. The van der Waals surface area contributed by atoms with Gasteiger partial charge in [-0.05, 0) is 54.7 Å². The monoisotopic (exact) mass is 564 g/mol. The number of carboxylic acids is 1. The first kappa shape index (κ1) is 26.8. The Labute approximate surface area is 234 Å². The zero-order valence-corrected chi connectivity index (χ0v) is 22.9. The van der Waals surface area contributed by atoms with Gasteiger partial charge in [0.1, 0.15) is 11.8 Å². The molecular formula is C30H26Cl2N2O5. The first-order valence-corrected chi connectivity index (χ1v) is 13.3. The predicted octanol–water partition coefficient (Wildman–Crippen LogP) is 5.57. The lowest BCUT2D eigenvalue weighted by Crippen LogP contribution is -2.42. The lowest BCUT2D eigenvalue weighted by molar-refractivity contribution is -0.139. The number of aromatic nitrogens is 1. The molecule has 1 aliphatic rings. The number of halogens is 2. The Morgan fingerprint density at radius 1 is 1.08 bits per heavy atom. The van der Waals surface area contributed by atoms with Gasteiger partial charge in [0.25, 0.3) is 11.5 Å². The summed E-state index contributed by atoms with van der Waals surface area (Å²) in [6.45, 7) is 2.42. The van der Waals surface area contributed by atoms with Crippen molar-refractivity contribution >= 4 is 46.0 Å². The quantitative estimate of drug-likeness (QED) is 0.319. The van der Waals surface area contributed by atoms with Crippen molar-refractivity contribution < 1.29 is 19.4 Å². The molecule has 0 radical (unpaired) electrons. The molecule has 9 heteroatoms. The highest BCUT2D eigenvalue weighted by Gasteiger charge is 2.28. The summed E-state index contributed by atoms with van der Waals surface area (Å²) in [6, 6.07) is 14.8. The Kier molecular flexibility index (Phi) is 7.38. The van der Waals surface area contributed by atoms with Crippen LogP contribution in [0.5, 0.6) is 5.75 Å². The van der Waals surface area contributed by atoms with E-state index in [2.05, 4.69) is 5.32 Å². The van der Waals surface area contributed by atoms with E-state index >= 15 is 0 Å². The molecule has 0 bridgehead atoms. The van der Waals surface area contributed by atoms with E-state index in [1.165, 1.54) is 12.1 Å². The Morgan fingerprint density at radius 3 is 2.51 bits per heavy atom. The van der Waals surface area contributed by atoms with Gasteiger partial charge >= 0.3 is 5.97 Å². The molecule has 1 atom stereocenters. The van der Waals surface area contributed by atoms with Crippen molar-refractivity contribution in [2.75, 3.05) is 6.61 Å². The summed E-state index contributed by atoms with van der Waals surface area (Å²) >= 11 is 12.3. The van der Waals surface area contributed by atoms with Crippen LogP contribution in [0.3, 0.4) is 0 Å². The zero-order valence-electron chi connectivity index (χ0n) is 21.4. The topological polar surface area (TPSA) is 97.6 Å². The standard InChI is InChI=1S/C30H26Cl2N2O5/c1-16-18-7-3-4-11-24(18)34(2)29(36)25(16)20-13-12-17(19-8-6-14-39-27(19)20)15-23(30(37)38)33-28(35)26-21(31)9-5-10-22(26)32/h3-5,7,9-13,23H,6,8,14-15H2,1-2H3,(H,33,35)(H,37,38). The summed E-state index contributed by atoms with van der Waals surface area (Å²) in [5.41, 5.74) is 4.37. The molecule has 0 spiro atoms. The third-order valence-electron chi connectivity index (χ3n) is 7.22. The third-order valence-corrected chi connectivity index (χ3v) is 7.85. The normalized spacial score (nSPS) is 13.4. The minimum atomic E-state index is -1.24. The molecule has 4 aromatic rings. The predicted molar refractivity (Wildman–Crippen MR) is 152 cm³/mol. The Morgan fingerprint density at radius 2 is 1.79 bits per heavy atom. The van der Waals surface area contributed by atoms with E-state index < -0.39 is 17.9 Å². The van der Waals surface area contributed by atoms with Crippen LogP contribution in [0.2, 0.25) is 10.0 Å². The van der Waals surface area contributed by atoms with Crippen molar-refractivity contribution in [3.8, 4) is 16.9 Å². The van der Waals surface area contributed by atoms with Gasteiger partial charge in [-0.2, -0.15) is 0 Å². The second-order valence-corrected chi connectivity index (χ2v) is 10.4. The summed E-state index contributed by atoms with van der Waals surface area (Å²) in [5, 5.41) is 13.7. The van der Waals surface area contributed by atoms with Gasteiger partial charge in [0, 0.05) is 24.4 Å². The molecule has 2 heterocycles. The van der Waals surface area contributed by atoms with E-state index in [1.807, 2.05) is 43.3 Å². The zero-order chi connectivity index (χ0) is 27.8. The number of carbonyl (C=O) groups excluding carboxylic acids is 1. The van der Waals surface area contributed by atoms with Crippen LogP contribution in [0, 0.1) is 6.92 Å². The number of benzene rings is 3. The molecular weight excluding hydrogens is 539 g/mol. The SMILES string of the molecule is Cc1c(-c2ccc(CC(NC(=O)c3c(Cl)cccc3Cl)C(=O)O)c3c2OCCC3)c(=O)n(C)c2ccccc12. The van der Waals surface area contributed by atoms with E-state index in [0.29, 0.717) is 29.9 Å². The highest BCUT2D eigenvalue weighted by Crippen LogP contribution is 2.40. The van der Waals surface area contributed by atoms with Gasteiger partial charge in [0.15, 0.2) is 0 Å². The van der Waals surface area contributed by atoms with Crippen molar-refractivity contribution in [1.29, 1.82) is 0 Å². The number of aliphatic carboxylic acids is 1. The van der Waals surface area contributed by atoms with Crippen LogP contribution in [0.1, 0.15) is 33.5 Å². The number of para-hydroxylation sites is 1. The van der Waals surface area contributed by atoms with Crippen molar-refractivity contribution in [3.05, 3.63) is 97.3 Å². The number of fused-ring (bicyclic) bond motifs is 2. The molecule has 3 aromatic carbocycles. The third kappa shape index (κ3) is 4.88. The largest absolute Gasteiger partial charge is 0.493 e. The number of pyridine rings is 1. The highest BCUT2D eigenvalue weighted by atomic mass is 35.5. The Bertz CT molecular complexity index is 1680. The van der Waals surface area contributed by atoms with Gasteiger partial charge in [0.05, 0.1) is 33.3 Å². The number of carboxylic acid groups (broad SMARTS) is 1. The molecule has 1 amide bonds. The van der Waals surface area contributed by atoms with E-state index in [-0.39, 0.29) is 27.6 Å². The van der Waals surface area contributed by atoms with E-state index in [4.69, 9.17) is 27.9 Å². The number of hydrogen-bond acceptors (Lipinski definition) is 4. The second-order valence-electron chi connectivity index (χ2n) is 9.58. The molecule has 1 aliphatic heterocycles. The average molecular weight is 565 g/mol. The minimum Gasteiger partial charge on any atom is -0.493 e. The number of amides is 1. The van der Waals surface area contributed by atoms with Crippen LogP contribution in [0.4, 0.5) is 0 Å². The summed E-state index contributed by atoms with van der Waals surface area (Å²) in [5.74, 6) is -1.28. The van der Waals surface area contributed by atoms with Crippen molar-refractivity contribution in [3.63, 3.8) is 0 Å². The van der Waals surface area contributed by atoms with Crippen molar-refractivity contribution in [1.82, 2.24) is 9.88 Å². The van der Waals surface area contributed by atoms with Crippen molar-refractivity contribution in [2.24, 2.45) is 7.05 Å². The van der Waals surface area contributed by atoms with Crippen LogP contribution < -0.4 is 15.6 Å². The molecule has 2 N–H and O–H groups in total. The second kappa shape index (κ2) is 10.8. The number of rotatable bonds is 6. The Hall–Kier alpha value is -3.81. The fourth-order valence-corrected chi connectivity index (χ4v) is 5.83. The van der Waals surface area contributed by atoms with Gasteiger partial charge in [-0.15, -0.1) is 0 Å². The van der Waals surface area contributed by atoms with Crippen LogP contribution in [-0.4, -0.2) is 34.2 Å². The van der Waals surface area contributed by atoms with E-state index in [0.717, 1.165) is 34.0 Å². The fraction of sp³-hybridized carbons (Fsp3) is 0.233. The van der Waals surface area contributed by atoms with Crippen LogP contribution in [0.25, 0.3) is 22.0 Å². The van der Waals surface area contributed by atoms with Gasteiger partial charge in [-0.1, -0.05) is 59.6 Å². The van der Waals surface area contributed by atoms with Crippen LogP contribution >= 0.6 is 23.2 Å². The summed E-state index contributed by atoms with van der Waals surface area (Å²) in [7, 11) is 1.75. The molecule has 0 aliphatic carbocycles. The summed E-state index contributed by atoms with van der Waals surface area (Å²) < 4.78 is 7.75. The number of nitrogens with one attached hydrogen (secondary N) is 1. The molecule has 39 heavy (non-hydrogen) atoms. The van der Waals surface area contributed by atoms with Gasteiger partial charge in [-0.25, -0.2) is 4.79 Å². The molecule has 0 saturated carbocycles. The smallest absolute Gasteiger partial charge is 0.326 e. The first-order chi connectivity index (χ1) is 18.7. The maximum atomic E-state index is 13.5. The molecule has 0 fully saturated rings. The lowest BCUT2D eigenvalue weighted by atomic mass is 9.89.